The number of hydrogen-bond donors (Lipinski definition) is 2. The van der Waals surface area contributed by atoms with Gasteiger partial charge < -0.3 is 15.5 Å². The van der Waals surface area contributed by atoms with Crippen LogP contribution in [0.25, 0.3) is 0 Å². The van der Waals surface area contributed by atoms with Gasteiger partial charge in [0.1, 0.15) is 0 Å². The second kappa shape index (κ2) is 6.83. The molecule has 0 unspecified atom stereocenters. The summed E-state index contributed by atoms with van der Waals surface area (Å²) in [6.07, 6.45) is 5.01. The maximum Gasteiger partial charge on any atom is 0.313 e. The lowest BCUT2D eigenvalue weighted by atomic mass is 9.96. The predicted octanol–water partition coefficient (Wildman–Crippen LogP) is 1.73. The normalized spacial score (nSPS) is 17.4. The lowest BCUT2D eigenvalue weighted by Gasteiger charge is -2.26. The zero-order chi connectivity index (χ0) is 19.0. The van der Waals surface area contributed by atoms with E-state index >= 15 is 0 Å². The highest BCUT2D eigenvalue weighted by Gasteiger charge is 2.38. The summed E-state index contributed by atoms with van der Waals surface area (Å²) in [5, 5.41) is 5.26. The number of hydrogen-bond acceptors (Lipinski definition) is 4. The van der Waals surface area contributed by atoms with Crippen LogP contribution in [0.15, 0.2) is 36.7 Å². The van der Waals surface area contributed by atoms with E-state index in [0.29, 0.717) is 5.69 Å². The molecule has 7 heteroatoms. The Bertz CT molecular complexity index is 926. The number of pyridine rings is 1. The van der Waals surface area contributed by atoms with Gasteiger partial charge >= 0.3 is 11.8 Å². The van der Waals surface area contributed by atoms with Crippen LogP contribution < -0.4 is 15.5 Å². The van der Waals surface area contributed by atoms with E-state index in [0.717, 1.165) is 41.8 Å². The molecule has 0 radical (unpaired) electrons. The summed E-state index contributed by atoms with van der Waals surface area (Å²) in [6.45, 7) is 2.88. The molecule has 0 fully saturated rings. The van der Waals surface area contributed by atoms with E-state index in [2.05, 4.69) is 15.6 Å². The largest absolute Gasteiger partial charge is 0.344 e. The van der Waals surface area contributed by atoms with Crippen LogP contribution in [-0.4, -0.2) is 29.3 Å². The lowest BCUT2D eigenvalue weighted by Crippen LogP contribution is -2.35. The zero-order valence-electron chi connectivity index (χ0n) is 15.0. The van der Waals surface area contributed by atoms with Gasteiger partial charge in [0.25, 0.3) is 0 Å². The van der Waals surface area contributed by atoms with Crippen molar-refractivity contribution in [1.82, 2.24) is 10.3 Å². The first kappa shape index (κ1) is 17.2. The van der Waals surface area contributed by atoms with Crippen LogP contribution in [0, 0.1) is 0 Å². The number of amides is 3. The first-order valence-corrected chi connectivity index (χ1v) is 9.01. The smallest absolute Gasteiger partial charge is 0.313 e. The molecule has 1 aromatic heterocycles. The summed E-state index contributed by atoms with van der Waals surface area (Å²) >= 11 is 0. The van der Waals surface area contributed by atoms with Crippen molar-refractivity contribution in [2.45, 2.75) is 32.2 Å². The number of carbonyl (C=O) groups is 3. The fourth-order valence-electron chi connectivity index (χ4n) is 3.72. The Morgan fingerprint density at radius 3 is 2.78 bits per heavy atom. The lowest BCUT2D eigenvalue weighted by molar-refractivity contribution is -0.136. The summed E-state index contributed by atoms with van der Waals surface area (Å²) < 4.78 is 0. The van der Waals surface area contributed by atoms with E-state index in [-0.39, 0.29) is 18.4 Å². The molecule has 0 spiro atoms. The SMILES string of the molecule is C[C@H]1C(=O)N2CCCc3cc(NC(=O)C(=O)NCc4ccncc4)cc1c32. The van der Waals surface area contributed by atoms with Crippen LogP contribution in [-0.2, 0) is 27.3 Å². The molecule has 0 aliphatic carbocycles. The van der Waals surface area contributed by atoms with Crippen molar-refractivity contribution in [2.24, 2.45) is 0 Å². The molecule has 27 heavy (non-hydrogen) atoms. The molecule has 0 bridgehead atoms. The number of benzene rings is 1. The second-order valence-corrected chi connectivity index (χ2v) is 6.88. The maximum atomic E-state index is 12.4. The van der Waals surface area contributed by atoms with Gasteiger partial charge in [-0.25, -0.2) is 0 Å². The van der Waals surface area contributed by atoms with Crippen LogP contribution in [0.1, 0.15) is 36.0 Å². The molecular formula is C20H20N4O3. The van der Waals surface area contributed by atoms with E-state index < -0.39 is 11.8 Å². The fraction of sp³-hybridized carbons (Fsp3) is 0.300. The predicted molar refractivity (Wildman–Crippen MR) is 100 cm³/mol. The number of nitrogens with zero attached hydrogens (tertiary/aromatic N) is 2. The van der Waals surface area contributed by atoms with Gasteiger partial charge in [0, 0.05) is 31.2 Å². The van der Waals surface area contributed by atoms with Crippen molar-refractivity contribution in [3.05, 3.63) is 53.3 Å². The van der Waals surface area contributed by atoms with E-state index in [1.807, 2.05) is 17.9 Å². The molecule has 1 atom stereocenters. The Labute approximate surface area is 156 Å². The topological polar surface area (TPSA) is 91.4 Å². The van der Waals surface area contributed by atoms with Crippen LogP contribution in [0.2, 0.25) is 0 Å². The first-order chi connectivity index (χ1) is 13.0. The Balaban J connectivity index is 1.48. The molecule has 2 N–H and O–H groups in total. The van der Waals surface area contributed by atoms with Gasteiger partial charge in [0.15, 0.2) is 0 Å². The zero-order valence-corrected chi connectivity index (χ0v) is 15.0. The maximum absolute atomic E-state index is 12.4. The molecular weight excluding hydrogens is 344 g/mol. The van der Waals surface area contributed by atoms with E-state index in [1.54, 1.807) is 30.6 Å². The number of aromatic nitrogens is 1. The molecule has 2 aliphatic rings. The minimum absolute atomic E-state index is 0.101. The molecule has 0 saturated heterocycles. The average molecular weight is 364 g/mol. The van der Waals surface area contributed by atoms with E-state index in [9.17, 15) is 14.4 Å². The molecule has 2 aliphatic heterocycles. The Morgan fingerprint density at radius 1 is 1.22 bits per heavy atom. The Morgan fingerprint density at radius 2 is 2.00 bits per heavy atom. The Kier molecular flexibility index (Phi) is 4.35. The standard InChI is InChI=1S/C20H20N4O3/c1-12-16-10-15(9-14-3-2-8-24(17(14)16)20(12)27)23-19(26)18(25)22-11-13-4-6-21-7-5-13/h4-7,9-10,12H,2-3,8,11H2,1H3,(H,22,25)(H,23,26)/t12-/m1/s1. The Hall–Kier alpha value is -3.22. The van der Waals surface area contributed by atoms with Gasteiger partial charge in [-0.1, -0.05) is 0 Å². The highest BCUT2D eigenvalue weighted by Crippen LogP contribution is 2.44. The second-order valence-electron chi connectivity index (χ2n) is 6.88. The molecule has 3 amide bonds. The van der Waals surface area contributed by atoms with Gasteiger partial charge in [-0.3, -0.25) is 19.4 Å². The monoisotopic (exact) mass is 364 g/mol. The molecule has 3 heterocycles. The average Bonchev–Trinajstić information content (AvgIpc) is 2.93. The van der Waals surface area contributed by atoms with Crippen LogP contribution in [0.5, 0.6) is 0 Å². The minimum atomic E-state index is -0.721. The van der Waals surface area contributed by atoms with E-state index in [4.69, 9.17) is 0 Å². The van der Waals surface area contributed by atoms with Crippen molar-refractivity contribution in [2.75, 3.05) is 16.8 Å². The summed E-state index contributed by atoms with van der Waals surface area (Å²) in [5.74, 6) is -1.55. The number of anilines is 2. The highest BCUT2D eigenvalue weighted by atomic mass is 16.2. The van der Waals surface area contributed by atoms with Crippen LogP contribution in [0.3, 0.4) is 0 Å². The van der Waals surface area contributed by atoms with Gasteiger partial charge in [-0.05, 0) is 60.7 Å². The highest BCUT2D eigenvalue weighted by molar-refractivity contribution is 6.39. The van der Waals surface area contributed by atoms with Crippen molar-refractivity contribution >= 4 is 29.1 Å². The molecule has 138 valence electrons. The first-order valence-electron chi connectivity index (χ1n) is 9.01. The number of nitrogens with one attached hydrogen (secondary N) is 2. The summed E-state index contributed by atoms with van der Waals surface area (Å²) in [6, 6.07) is 7.21. The molecule has 7 nitrogen and oxygen atoms in total. The summed E-state index contributed by atoms with van der Waals surface area (Å²) in [4.78, 5) is 42.5. The van der Waals surface area contributed by atoms with Crippen molar-refractivity contribution < 1.29 is 14.4 Å². The van der Waals surface area contributed by atoms with Gasteiger partial charge in [-0.15, -0.1) is 0 Å². The van der Waals surface area contributed by atoms with Crippen molar-refractivity contribution in [3.63, 3.8) is 0 Å². The molecule has 1 aromatic carbocycles. The van der Waals surface area contributed by atoms with Crippen LogP contribution >= 0.6 is 0 Å². The summed E-state index contributed by atoms with van der Waals surface area (Å²) in [7, 11) is 0. The third-order valence-electron chi connectivity index (χ3n) is 5.09. The van der Waals surface area contributed by atoms with E-state index in [1.165, 1.54) is 0 Å². The van der Waals surface area contributed by atoms with Gasteiger partial charge in [0.05, 0.1) is 11.6 Å². The number of carbonyl (C=O) groups excluding carboxylic acids is 3. The molecule has 2 aromatic rings. The fourth-order valence-corrected chi connectivity index (χ4v) is 3.72. The van der Waals surface area contributed by atoms with Gasteiger partial charge in [0.2, 0.25) is 5.91 Å². The quantitative estimate of drug-likeness (QED) is 0.812. The number of rotatable bonds is 3. The van der Waals surface area contributed by atoms with Crippen LogP contribution in [0.4, 0.5) is 11.4 Å². The third-order valence-corrected chi connectivity index (χ3v) is 5.09. The minimum Gasteiger partial charge on any atom is -0.344 e. The van der Waals surface area contributed by atoms with Crippen molar-refractivity contribution in [3.8, 4) is 0 Å². The third kappa shape index (κ3) is 3.16. The molecule has 4 rings (SSSR count). The molecule has 0 saturated carbocycles. The van der Waals surface area contributed by atoms with Gasteiger partial charge in [-0.2, -0.15) is 0 Å². The summed E-state index contributed by atoms with van der Waals surface area (Å²) in [5.41, 5.74) is 4.37. The van der Waals surface area contributed by atoms with Crippen molar-refractivity contribution in [1.29, 1.82) is 0 Å². The number of aryl methyl sites for hydroxylation is 1.